The summed E-state index contributed by atoms with van der Waals surface area (Å²) in [5, 5.41) is 11.2. The zero-order valence-corrected chi connectivity index (χ0v) is 21.2. The molecule has 2 rings (SSSR count). The van der Waals surface area contributed by atoms with Crippen LogP contribution in [-0.2, 0) is 18.9 Å². The van der Waals surface area contributed by atoms with Crippen LogP contribution in [0.1, 0.15) is 43.5 Å². The summed E-state index contributed by atoms with van der Waals surface area (Å²) in [6, 6.07) is 9.14. The molecule has 1 atom stereocenters. The van der Waals surface area contributed by atoms with Gasteiger partial charge >= 0.3 is 0 Å². The molecule has 1 aromatic carbocycles. The van der Waals surface area contributed by atoms with Crippen molar-refractivity contribution >= 4 is 29.9 Å². The fourth-order valence-corrected chi connectivity index (χ4v) is 3.22. The Kier molecular flexibility index (Phi) is 10.1. The van der Waals surface area contributed by atoms with Gasteiger partial charge in [-0.15, -0.1) is 24.0 Å². The Morgan fingerprint density at radius 3 is 2.34 bits per heavy atom. The third-order valence-corrected chi connectivity index (χ3v) is 5.26. The van der Waals surface area contributed by atoms with Gasteiger partial charge in [-0.3, -0.25) is 9.67 Å². The predicted octanol–water partition coefficient (Wildman–Crippen LogP) is 3.35. The fraction of sp³-hybridized carbons (Fsp3) is 0.545. The Balaban J connectivity index is 0.00000420. The lowest BCUT2D eigenvalue weighted by atomic mass is 9.84. The van der Waals surface area contributed by atoms with Crippen molar-refractivity contribution in [3.05, 3.63) is 53.3 Å². The summed E-state index contributed by atoms with van der Waals surface area (Å²) >= 11 is 0. The highest BCUT2D eigenvalue weighted by Gasteiger charge is 2.21. The molecule has 0 radical (unpaired) electrons. The minimum Gasteiger partial charge on any atom is -0.356 e. The molecule has 0 amide bonds. The number of aliphatic imine (C=N–C) groups is 1. The van der Waals surface area contributed by atoms with Gasteiger partial charge in [0.2, 0.25) is 0 Å². The number of nitrogens with zero attached hydrogens (tertiary/aromatic N) is 4. The minimum atomic E-state index is 0. The average Bonchev–Trinajstić information content (AvgIpc) is 3.10. The van der Waals surface area contributed by atoms with E-state index in [1.54, 1.807) is 0 Å². The molecule has 0 saturated heterocycles. The van der Waals surface area contributed by atoms with Crippen LogP contribution in [0, 0.1) is 0 Å². The topological polar surface area (TPSA) is 57.5 Å². The molecule has 2 N–H and O–H groups in total. The third-order valence-electron chi connectivity index (χ3n) is 5.26. The number of hydrogen-bond donors (Lipinski definition) is 2. The van der Waals surface area contributed by atoms with Gasteiger partial charge in [0.25, 0.3) is 0 Å². The molecule has 1 heterocycles. The molecule has 162 valence electrons. The summed E-state index contributed by atoms with van der Waals surface area (Å²) in [5.41, 5.74) is 3.89. The van der Waals surface area contributed by atoms with Crippen LogP contribution < -0.4 is 10.6 Å². The molecular weight excluding hydrogens is 475 g/mol. The van der Waals surface area contributed by atoms with Crippen molar-refractivity contribution in [2.45, 2.75) is 38.6 Å². The SMILES string of the molecule is CCc1ccc(C(C)(C)CNC(=NC)NCC(c2cnn(C)c2)N(C)C)cc1.I. The van der Waals surface area contributed by atoms with Crippen LogP contribution >= 0.6 is 24.0 Å². The summed E-state index contributed by atoms with van der Waals surface area (Å²) in [6.45, 7) is 8.25. The van der Waals surface area contributed by atoms with Crippen molar-refractivity contribution in [1.82, 2.24) is 25.3 Å². The van der Waals surface area contributed by atoms with Crippen LogP contribution in [0.25, 0.3) is 0 Å². The number of guanidine groups is 1. The van der Waals surface area contributed by atoms with Crippen molar-refractivity contribution in [2.24, 2.45) is 12.0 Å². The highest BCUT2D eigenvalue weighted by molar-refractivity contribution is 14.0. The van der Waals surface area contributed by atoms with E-state index in [1.807, 2.05) is 25.0 Å². The first-order valence-electron chi connectivity index (χ1n) is 9.95. The molecule has 0 aliphatic carbocycles. The van der Waals surface area contributed by atoms with E-state index >= 15 is 0 Å². The molecule has 0 bridgehead atoms. The van der Waals surface area contributed by atoms with Crippen LogP contribution in [-0.4, -0.2) is 54.9 Å². The minimum absolute atomic E-state index is 0. The first-order valence-corrected chi connectivity index (χ1v) is 9.95. The summed E-state index contributed by atoms with van der Waals surface area (Å²) in [7, 11) is 7.92. The molecule has 0 spiro atoms. The molecule has 0 saturated carbocycles. The molecule has 2 aromatic rings. The Hall–Kier alpha value is -1.61. The Morgan fingerprint density at radius 1 is 1.21 bits per heavy atom. The maximum atomic E-state index is 4.40. The van der Waals surface area contributed by atoms with Crippen molar-refractivity contribution in [3.8, 4) is 0 Å². The molecular formula is C22H37IN6. The molecule has 0 aliphatic rings. The zero-order chi connectivity index (χ0) is 20.7. The molecule has 7 heteroatoms. The van der Waals surface area contributed by atoms with Gasteiger partial charge < -0.3 is 15.5 Å². The number of hydrogen-bond acceptors (Lipinski definition) is 3. The second-order valence-electron chi connectivity index (χ2n) is 8.17. The number of benzene rings is 1. The number of halogens is 1. The fourth-order valence-electron chi connectivity index (χ4n) is 3.22. The van der Waals surface area contributed by atoms with Crippen LogP contribution in [0.15, 0.2) is 41.7 Å². The van der Waals surface area contributed by atoms with Crippen LogP contribution in [0.2, 0.25) is 0 Å². The van der Waals surface area contributed by atoms with Gasteiger partial charge in [-0.25, -0.2) is 0 Å². The number of likely N-dealkylation sites (N-methyl/N-ethyl adjacent to an activating group) is 1. The smallest absolute Gasteiger partial charge is 0.191 e. The average molecular weight is 512 g/mol. The molecule has 1 unspecified atom stereocenters. The summed E-state index contributed by atoms with van der Waals surface area (Å²) in [6.07, 6.45) is 5.05. The van der Waals surface area contributed by atoms with Gasteiger partial charge in [0.1, 0.15) is 0 Å². The molecule has 0 aliphatic heterocycles. The lowest BCUT2D eigenvalue weighted by Crippen LogP contribution is -2.45. The van der Waals surface area contributed by atoms with E-state index in [9.17, 15) is 0 Å². The summed E-state index contributed by atoms with van der Waals surface area (Å²) in [4.78, 5) is 6.59. The number of aryl methyl sites for hydroxylation is 2. The monoisotopic (exact) mass is 512 g/mol. The predicted molar refractivity (Wildman–Crippen MR) is 133 cm³/mol. The van der Waals surface area contributed by atoms with Crippen LogP contribution in [0.5, 0.6) is 0 Å². The second-order valence-corrected chi connectivity index (χ2v) is 8.17. The Labute approximate surface area is 193 Å². The van der Waals surface area contributed by atoms with Gasteiger partial charge in [0.15, 0.2) is 5.96 Å². The molecule has 0 fully saturated rings. The summed E-state index contributed by atoms with van der Waals surface area (Å²) in [5.74, 6) is 0.814. The Morgan fingerprint density at radius 2 is 1.86 bits per heavy atom. The van der Waals surface area contributed by atoms with Crippen molar-refractivity contribution in [3.63, 3.8) is 0 Å². The van der Waals surface area contributed by atoms with E-state index in [0.29, 0.717) is 0 Å². The number of aromatic nitrogens is 2. The normalized spacial score (nSPS) is 13.2. The van der Waals surface area contributed by atoms with E-state index in [1.165, 1.54) is 16.7 Å². The maximum Gasteiger partial charge on any atom is 0.191 e. The first-order chi connectivity index (χ1) is 13.3. The lowest BCUT2D eigenvalue weighted by molar-refractivity contribution is 0.298. The maximum absolute atomic E-state index is 4.40. The van der Waals surface area contributed by atoms with Crippen LogP contribution in [0.3, 0.4) is 0 Å². The zero-order valence-electron chi connectivity index (χ0n) is 18.9. The number of nitrogens with one attached hydrogen (secondary N) is 2. The van der Waals surface area contributed by atoms with E-state index in [0.717, 1.165) is 25.5 Å². The third kappa shape index (κ3) is 7.29. The van der Waals surface area contributed by atoms with Crippen LogP contribution in [0.4, 0.5) is 0 Å². The highest BCUT2D eigenvalue weighted by atomic mass is 127. The van der Waals surface area contributed by atoms with E-state index < -0.39 is 0 Å². The second kappa shape index (κ2) is 11.5. The van der Waals surface area contributed by atoms with Crippen molar-refractivity contribution < 1.29 is 0 Å². The quantitative estimate of drug-likeness (QED) is 0.324. The van der Waals surface area contributed by atoms with Crippen molar-refractivity contribution in [1.29, 1.82) is 0 Å². The first kappa shape index (κ1) is 25.4. The largest absolute Gasteiger partial charge is 0.356 e. The summed E-state index contributed by atoms with van der Waals surface area (Å²) < 4.78 is 1.84. The lowest BCUT2D eigenvalue weighted by Gasteiger charge is -2.28. The van der Waals surface area contributed by atoms with Gasteiger partial charge in [0, 0.05) is 44.4 Å². The van der Waals surface area contributed by atoms with Gasteiger partial charge in [-0.05, 0) is 31.6 Å². The molecule has 29 heavy (non-hydrogen) atoms. The Bertz CT molecular complexity index is 764. The van der Waals surface area contributed by atoms with E-state index in [4.69, 9.17) is 0 Å². The van der Waals surface area contributed by atoms with Crippen molar-refractivity contribution in [2.75, 3.05) is 34.2 Å². The molecule has 1 aromatic heterocycles. The van der Waals surface area contributed by atoms with E-state index in [-0.39, 0.29) is 35.4 Å². The number of rotatable bonds is 8. The van der Waals surface area contributed by atoms with Gasteiger partial charge in [0.05, 0.1) is 12.2 Å². The van der Waals surface area contributed by atoms with E-state index in [2.05, 4.69) is 91.0 Å². The highest BCUT2D eigenvalue weighted by Crippen LogP contribution is 2.23. The van der Waals surface area contributed by atoms with Gasteiger partial charge in [-0.1, -0.05) is 45.0 Å². The molecule has 6 nitrogen and oxygen atoms in total. The standard InChI is InChI=1S/C22H36N6.HI/c1-8-17-9-11-19(12-10-17)22(2,3)16-25-21(23-4)24-14-20(27(5)6)18-13-26-28(7)15-18;/h9-13,15,20H,8,14,16H2,1-7H3,(H2,23,24,25);1H. The van der Waals surface area contributed by atoms with Gasteiger partial charge in [-0.2, -0.15) is 5.10 Å².